The van der Waals surface area contributed by atoms with E-state index in [2.05, 4.69) is 0 Å². The Morgan fingerprint density at radius 3 is 2.27 bits per heavy atom. The number of rotatable bonds is 7. The molecule has 1 heterocycles. The molecular weight excluding hydrogens is 384 g/mol. The topological polar surface area (TPSA) is 87.2 Å². The van der Waals surface area contributed by atoms with E-state index in [0.29, 0.717) is 19.4 Å². The van der Waals surface area contributed by atoms with Crippen LogP contribution < -0.4 is 0 Å². The number of carbonyl (C=O) groups is 3. The number of hydrogen-bond acceptors (Lipinski definition) is 4. The van der Waals surface area contributed by atoms with Crippen LogP contribution >= 0.6 is 0 Å². The molecule has 7 nitrogen and oxygen atoms in total. The highest BCUT2D eigenvalue weighted by Crippen LogP contribution is 2.22. The largest absolute Gasteiger partial charge is 0.480 e. The van der Waals surface area contributed by atoms with Crippen molar-refractivity contribution in [2.45, 2.75) is 38.0 Å². The number of carboxylic acids is 1. The van der Waals surface area contributed by atoms with Crippen molar-refractivity contribution in [3.63, 3.8) is 0 Å². The Balaban J connectivity index is 1.76. The van der Waals surface area contributed by atoms with Gasteiger partial charge in [0.15, 0.2) is 0 Å². The summed E-state index contributed by atoms with van der Waals surface area (Å²) >= 11 is 0. The highest BCUT2D eigenvalue weighted by Gasteiger charge is 2.39. The van der Waals surface area contributed by atoms with Crippen LogP contribution in [0.5, 0.6) is 0 Å². The Hall–Kier alpha value is -3.35. The van der Waals surface area contributed by atoms with E-state index in [1.807, 2.05) is 60.7 Å². The van der Waals surface area contributed by atoms with Gasteiger partial charge in [-0.3, -0.25) is 9.69 Å². The lowest BCUT2D eigenvalue weighted by atomic mass is 10.0. The number of amides is 2. The van der Waals surface area contributed by atoms with E-state index in [1.54, 1.807) is 0 Å². The summed E-state index contributed by atoms with van der Waals surface area (Å²) in [5, 5.41) is 9.46. The molecule has 2 aromatic carbocycles. The molecule has 1 aliphatic rings. The average Bonchev–Trinajstić information content (AvgIpc) is 3.27. The quantitative estimate of drug-likeness (QED) is 0.758. The second-order valence-corrected chi connectivity index (χ2v) is 7.38. The molecule has 1 aliphatic heterocycles. The fourth-order valence-electron chi connectivity index (χ4n) is 3.65. The molecule has 1 N–H and O–H groups in total. The van der Waals surface area contributed by atoms with Crippen molar-refractivity contribution in [2.75, 3.05) is 13.6 Å². The van der Waals surface area contributed by atoms with Crippen LogP contribution in [0.15, 0.2) is 60.7 Å². The smallest absolute Gasteiger partial charge is 0.410 e. The molecular formula is C23H26N2O5. The van der Waals surface area contributed by atoms with Crippen LogP contribution in [0, 0.1) is 0 Å². The van der Waals surface area contributed by atoms with Gasteiger partial charge in [0.05, 0.1) is 0 Å². The first-order chi connectivity index (χ1) is 14.5. The summed E-state index contributed by atoms with van der Waals surface area (Å²) in [5.41, 5.74) is 1.72. The molecule has 1 saturated heterocycles. The summed E-state index contributed by atoms with van der Waals surface area (Å²) in [6.07, 6.45) is 0.697. The van der Waals surface area contributed by atoms with Gasteiger partial charge >= 0.3 is 12.1 Å². The number of likely N-dealkylation sites (N-methyl/N-ethyl adjacent to an activating group) is 1. The van der Waals surface area contributed by atoms with Gasteiger partial charge in [-0.05, 0) is 24.0 Å². The fourth-order valence-corrected chi connectivity index (χ4v) is 3.65. The van der Waals surface area contributed by atoms with Gasteiger partial charge < -0.3 is 14.7 Å². The minimum Gasteiger partial charge on any atom is -0.480 e. The maximum Gasteiger partial charge on any atom is 0.410 e. The average molecular weight is 410 g/mol. The molecule has 7 heteroatoms. The van der Waals surface area contributed by atoms with Gasteiger partial charge in [-0.15, -0.1) is 0 Å². The van der Waals surface area contributed by atoms with Crippen LogP contribution in [-0.2, 0) is 27.4 Å². The zero-order valence-electron chi connectivity index (χ0n) is 16.9. The van der Waals surface area contributed by atoms with Crippen molar-refractivity contribution in [2.24, 2.45) is 0 Å². The van der Waals surface area contributed by atoms with Crippen LogP contribution in [-0.4, -0.2) is 58.6 Å². The number of carbonyl (C=O) groups excluding carboxylic acids is 2. The van der Waals surface area contributed by atoms with E-state index in [1.165, 1.54) is 16.8 Å². The molecule has 158 valence electrons. The minimum atomic E-state index is -1.02. The van der Waals surface area contributed by atoms with Gasteiger partial charge in [0, 0.05) is 20.0 Å². The van der Waals surface area contributed by atoms with Crippen molar-refractivity contribution >= 4 is 18.0 Å². The Morgan fingerprint density at radius 2 is 1.67 bits per heavy atom. The third-order valence-electron chi connectivity index (χ3n) is 5.34. The number of nitrogens with zero attached hydrogens (tertiary/aromatic N) is 2. The first kappa shape index (κ1) is 21.4. The number of ether oxygens (including phenoxy) is 1. The van der Waals surface area contributed by atoms with E-state index < -0.39 is 24.1 Å². The third-order valence-corrected chi connectivity index (χ3v) is 5.34. The second kappa shape index (κ2) is 9.91. The normalized spacial score (nSPS) is 16.7. The van der Waals surface area contributed by atoms with Gasteiger partial charge in [-0.1, -0.05) is 60.7 Å². The highest BCUT2D eigenvalue weighted by atomic mass is 16.6. The molecule has 30 heavy (non-hydrogen) atoms. The summed E-state index contributed by atoms with van der Waals surface area (Å²) < 4.78 is 5.40. The summed E-state index contributed by atoms with van der Waals surface area (Å²) in [6, 6.07) is 16.9. The lowest BCUT2D eigenvalue weighted by molar-refractivity contribution is -0.150. The van der Waals surface area contributed by atoms with Gasteiger partial charge in [-0.25, -0.2) is 9.59 Å². The van der Waals surface area contributed by atoms with Crippen molar-refractivity contribution in [1.82, 2.24) is 9.80 Å². The molecule has 0 spiro atoms. The number of likely N-dealkylation sites (tertiary alicyclic amines) is 1. The fraction of sp³-hybridized carbons (Fsp3) is 0.348. The van der Waals surface area contributed by atoms with Crippen molar-refractivity contribution in [3.8, 4) is 0 Å². The molecule has 0 aliphatic carbocycles. The Morgan fingerprint density at radius 1 is 1.07 bits per heavy atom. The molecule has 0 bridgehead atoms. The van der Waals surface area contributed by atoms with Gasteiger partial charge in [0.2, 0.25) is 5.91 Å². The number of benzene rings is 2. The number of carboxylic acid groups (broad SMARTS) is 1. The Labute approximate surface area is 175 Å². The zero-order valence-corrected chi connectivity index (χ0v) is 16.9. The first-order valence-corrected chi connectivity index (χ1v) is 9.98. The minimum absolute atomic E-state index is 0.0950. The molecule has 0 radical (unpaired) electrons. The van der Waals surface area contributed by atoms with Gasteiger partial charge in [0.1, 0.15) is 18.7 Å². The maximum absolute atomic E-state index is 13.3. The Kier molecular flexibility index (Phi) is 7.06. The summed E-state index contributed by atoms with van der Waals surface area (Å²) in [7, 11) is 1.52. The maximum atomic E-state index is 13.3. The Bertz CT molecular complexity index is 872. The predicted octanol–water partition coefficient (Wildman–Crippen LogP) is 2.94. The van der Waals surface area contributed by atoms with Crippen LogP contribution in [0.2, 0.25) is 0 Å². The van der Waals surface area contributed by atoms with Crippen molar-refractivity contribution in [1.29, 1.82) is 0 Å². The molecule has 0 aromatic heterocycles. The van der Waals surface area contributed by atoms with E-state index in [0.717, 1.165) is 11.1 Å². The summed E-state index contributed by atoms with van der Waals surface area (Å²) in [4.78, 5) is 40.2. The molecule has 2 atom stereocenters. The van der Waals surface area contributed by atoms with Crippen LogP contribution in [0.3, 0.4) is 0 Å². The van der Waals surface area contributed by atoms with E-state index in [4.69, 9.17) is 4.74 Å². The van der Waals surface area contributed by atoms with Crippen molar-refractivity contribution < 1.29 is 24.2 Å². The van der Waals surface area contributed by atoms with Gasteiger partial charge in [0.25, 0.3) is 0 Å². The predicted molar refractivity (Wildman–Crippen MR) is 111 cm³/mol. The van der Waals surface area contributed by atoms with Crippen LogP contribution in [0.4, 0.5) is 4.79 Å². The van der Waals surface area contributed by atoms with E-state index >= 15 is 0 Å². The van der Waals surface area contributed by atoms with Crippen LogP contribution in [0.1, 0.15) is 24.0 Å². The SMILES string of the molecule is CN(C(=O)OCc1ccccc1)[C@@H](Cc1ccccc1)C(=O)N1CCC[C@H]1C(=O)O. The van der Waals surface area contributed by atoms with Gasteiger partial charge in [-0.2, -0.15) is 0 Å². The standard InChI is InChI=1S/C23H26N2O5/c1-24(23(29)30-16-18-11-6-3-7-12-18)20(15-17-9-4-2-5-10-17)21(26)25-14-8-13-19(25)22(27)28/h2-7,9-12,19-20H,8,13-16H2,1H3,(H,27,28)/t19-,20-/m0/s1. The monoisotopic (exact) mass is 410 g/mol. The molecule has 1 fully saturated rings. The number of aliphatic carboxylic acids is 1. The van der Waals surface area contributed by atoms with Crippen LogP contribution in [0.25, 0.3) is 0 Å². The van der Waals surface area contributed by atoms with E-state index in [9.17, 15) is 19.5 Å². The third kappa shape index (κ3) is 5.17. The summed E-state index contributed by atoms with van der Waals surface area (Å²) in [5.74, 6) is -1.39. The zero-order chi connectivity index (χ0) is 21.5. The summed E-state index contributed by atoms with van der Waals surface area (Å²) in [6.45, 7) is 0.464. The number of hydrogen-bond donors (Lipinski definition) is 1. The molecule has 3 rings (SSSR count). The lowest BCUT2D eigenvalue weighted by Crippen LogP contribution is -2.53. The molecule has 0 unspecified atom stereocenters. The van der Waals surface area contributed by atoms with E-state index in [-0.39, 0.29) is 18.9 Å². The molecule has 2 amide bonds. The lowest BCUT2D eigenvalue weighted by Gasteiger charge is -2.32. The second-order valence-electron chi connectivity index (χ2n) is 7.38. The molecule has 2 aromatic rings. The molecule has 0 saturated carbocycles. The van der Waals surface area contributed by atoms with Crippen molar-refractivity contribution in [3.05, 3.63) is 71.8 Å². The first-order valence-electron chi connectivity index (χ1n) is 9.98. The highest BCUT2D eigenvalue weighted by molar-refractivity contribution is 5.90.